The van der Waals surface area contributed by atoms with E-state index in [2.05, 4.69) is 0 Å². The summed E-state index contributed by atoms with van der Waals surface area (Å²) in [6.45, 7) is 0.784. The van der Waals surface area contributed by atoms with Gasteiger partial charge >= 0.3 is 5.97 Å². The second kappa shape index (κ2) is 8.09. The van der Waals surface area contributed by atoms with E-state index in [0.717, 1.165) is 42.7 Å². The van der Waals surface area contributed by atoms with Crippen molar-refractivity contribution in [1.29, 1.82) is 0 Å². The molecule has 0 saturated heterocycles. The molecule has 1 heterocycles. The molecule has 1 saturated carbocycles. The number of carbonyl (C=O) groups is 1. The topological polar surface area (TPSA) is 54.0 Å². The highest BCUT2D eigenvalue weighted by atomic mass is 19.1. The Morgan fingerprint density at radius 1 is 1.11 bits per heavy atom. The van der Waals surface area contributed by atoms with Gasteiger partial charge in [0.25, 0.3) is 0 Å². The fraction of sp³-hybridized carbons (Fsp3) is 0.409. The van der Waals surface area contributed by atoms with Gasteiger partial charge in [0.15, 0.2) is 11.5 Å². The van der Waals surface area contributed by atoms with E-state index in [-0.39, 0.29) is 24.2 Å². The highest BCUT2D eigenvalue weighted by Gasteiger charge is 2.28. The van der Waals surface area contributed by atoms with Gasteiger partial charge in [0.2, 0.25) is 6.79 Å². The molecule has 4 rings (SSSR count). The van der Waals surface area contributed by atoms with Crippen LogP contribution in [0.15, 0.2) is 36.4 Å². The molecule has 0 N–H and O–H groups in total. The summed E-state index contributed by atoms with van der Waals surface area (Å²) in [5.74, 6) is 1.45. The molecule has 1 aliphatic carbocycles. The number of carbonyl (C=O) groups excluding carboxylic acids is 1. The number of rotatable bonds is 5. The maximum absolute atomic E-state index is 14.0. The molecule has 2 aliphatic rings. The fourth-order valence-corrected chi connectivity index (χ4v) is 4.06. The van der Waals surface area contributed by atoms with Crippen molar-refractivity contribution in [3.63, 3.8) is 0 Å². The first kappa shape index (κ1) is 18.6. The SMILES string of the molecule is COC(=O)c1cc([C@@H]2CCCC[C@H]2COc2ccc3c(c2)OCO3)ccc1F. The molecular weight excluding hydrogens is 363 g/mol. The summed E-state index contributed by atoms with van der Waals surface area (Å²) in [6, 6.07) is 10.3. The van der Waals surface area contributed by atoms with Crippen LogP contribution in [0.4, 0.5) is 4.39 Å². The molecule has 6 heteroatoms. The molecule has 148 valence electrons. The number of fused-ring (bicyclic) bond motifs is 1. The summed E-state index contributed by atoms with van der Waals surface area (Å²) in [5.41, 5.74) is 0.946. The Morgan fingerprint density at radius 3 is 2.79 bits per heavy atom. The molecule has 0 aromatic heterocycles. The van der Waals surface area contributed by atoms with Gasteiger partial charge in [-0.3, -0.25) is 0 Å². The minimum atomic E-state index is -0.650. The van der Waals surface area contributed by atoms with Gasteiger partial charge in [-0.15, -0.1) is 0 Å². The molecule has 0 amide bonds. The van der Waals surface area contributed by atoms with Gasteiger partial charge in [0.1, 0.15) is 11.6 Å². The van der Waals surface area contributed by atoms with Crippen LogP contribution in [0, 0.1) is 11.7 Å². The Balaban J connectivity index is 1.49. The molecule has 0 bridgehead atoms. The molecule has 2 aromatic rings. The van der Waals surface area contributed by atoms with Crippen LogP contribution in [0.2, 0.25) is 0 Å². The second-order valence-corrected chi connectivity index (χ2v) is 7.21. The summed E-state index contributed by atoms with van der Waals surface area (Å²) in [4.78, 5) is 11.8. The third-order valence-electron chi connectivity index (χ3n) is 5.54. The molecular formula is C22H23FO5. The lowest BCUT2D eigenvalue weighted by Gasteiger charge is -2.32. The zero-order valence-corrected chi connectivity index (χ0v) is 15.8. The van der Waals surface area contributed by atoms with E-state index < -0.39 is 11.8 Å². The Labute approximate surface area is 163 Å². The second-order valence-electron chi connectivity index (χ2n) is 7.21. The smallest absolute Gasteiger partial charge is 0.340 e. The Hall–Kier alpha value is -2.76. The van der Waals surface area contributed by atoms with E-state index in [9.17, 15) is 9.18 Å². The van der Waals surface area contributed by atoms with E-state index in [0.29, 0.717) is 12.4 Å². The molecule has 0 unspecified atom stereocenters. The van der Waals surface area contributed by atoms with E-state index in [1.54, 1.807) is 12.1 Å². The first-order chi connectivity index (χ1) is 13.7. The molecule has 2 aromatic carbocycles. The predicted molar refractivity (Wildman–Crippen MR) is 100 cm³/mol. The fourth-order valence-electron chi connectivity index (χ4n) is 4.06. The average Bonchev–Trinajstić information content (AvgIpc) is 3.20. The van der Waals surface area contributed by atoms with Crippen LogP contribution in [0.3, 0.4) is 0 Å². The summed E-state index contributed by atoms with van der Waals surface area (Å²) < 4.78 is 35.5. The lowest BCUT2D eigenvalue weighted by Crippen LogP contribution is -2.24. The number of hydrogen-bond donors (Lipinski definition) is 0. The summed E-state index contributed by atoms with van der Waals surface area (Å²) >= 11 is 0. The predicted octanol–water partition coefficient (Wildman–Crippen LogP) is 4.69. The molecule has 0 spiro atoms. The van der Waals surface area contributed by atoms with Crippen LogP contribution in [-0.2, 0) is 4.74 Å². The van der Waals surface area contributed by atoms with Crippen molar-refractivity contribution in [1.82, 2.24) is 0 Å². The van der Waals surface area contributed by atoms with Crippen molar-refractivity contribution in [3.8, 4) is 17.2 Å². The molecule has 28 heavy (non-hydrogen) atoms. The van der Waals surface area contributed by atoms with Crippen LogP contribution in [0.1, 0.15) is 47.5 Å². The van der Waals surface area contributed by atoms with Gasteiger partial charge in [0, 0.05) is 6.07 Å². The quantitative estimate of drug-likeness (QED) is 0.698. The standard InChI is InChI=1S/C22H23FO5/c1-25-22(24)18-10-14(6-8-19(18)23)17-5-3-2-4-15(17)12-26-16-7-9-20-21(11-16)28-13-27-20/h6-11,15,17H,2-5,12-13H2,1H3/t15-,17-/m0/s1. The third kappa shape index (κ3) is 3.77. The average molecular weight is 386 g/mol. The third-order valence-corrected chi connectivity index (χ3v) is 5.54. The monoisotopic (exact) mass is 386 g/mol. The Kier molecular flexibility index (Phi) is 5.37. The van der Waals surface area contributed by atoms with Crippen molar-refractivity contribution < 1.29 is 28.1 Å². The first-order valence-corrected chi connectivity index (χ1v) is 9.56. The van der Waals surface area contributed by atoms with Crippen molar-refractivity contribution in [3.05, 3.63) is 53.3 Å². The van der Waals surface area contributed by atoms with Gasteiger partial charge in [-0.25, -0.2) is 9.18 Å². The first-order valence-electron chi connectivity index (χ1n) is 9.56. The normalized spacial score (nSPS) is 20.6. The summed E-state index contributed by atoms with van der Waals surface area (Å²) in [5, 5.41) is 0. The molecule has 5 nitrogen and oxygen atoms in total. The van der Waals surface area contributed by atoms with Crippen LogP contribution >= 0.6 is 0 Å². The Morgan fingerprint density at radius 2 is 1.93 bits per heavy atom. The maximum atomic E-state index is 14.0. The van der Waals surface area contributed by atoms with Crippen molar-refractivity contribution in [2.24, 2.45) is 5.92 Å². The molecule has 2 atom stereocenters. The lowest BCUT2D eigenvalue weighted by molar-refractivity contribution is 0.0595. The van der Waals surface area contributed by atoms with Crippen LogP contribution < -0.4 is 14.2 Å². The van der Waals surface area contributed by atoms with Crippen LogP contribution in [0.5, 0.6) is 17.2 Å². The number of halogens is 1. The van der Waals surface area contributed by atoms with Crippen LogP contribution in [-0.4, -0.2) is 26.5 Å². The minimum absolute atomic E-state index is 0.0130. The molecule has 1 fully saturated rings. The van der Waals surface area contributed by atoms with E-state index in [4.69, 9.17) is 18.9 Å². The van der Waals surface area contributed by atoms with Crippen molar-refractivity contribution in [2.45, 2.75) is 31.6 Å². The highest BCUT2D eigenvalue weighted by Crippen LogP contribution is 2.40. The zero-order chi connectivity index (χ0) is 19.5. The minimum Gasteiger partial charge on any atom is -0.493 e. The Bertz CT molecular complexity index is 866. The van der Waals surface area contributed by atoms with E-state index in [1.807, 2.05) is 18.2 Å². The lowest BCUT2D eigenvalue weighted by atomic mass is 9.75. The number of hydrogen-bond acceptors (Lipinski definition) is 5. The van der Waals surface area contributed by atoms with Gasteiger partial charge in [0.05, 0.1) is 19.3 Å². The number of benzene rings is 2. The number of ether oxygens (including phenoxy) is 4. The van der Waals surface area contributed by atoms with Crippen LogP contribution in [0.25, 0.3) is 0 Å². The maximum Gasteiger partial charge on any atom is 0.340 e. The van der Waals surface area contributed by atoms with Gasteiger partial charge in [-0.2, -0.15) is 0 Å². The van der Waals surface area contributed by atoms with Gasteiger partial charge in [-0.1, -0.05) is 18.9 Å². The van der Waals surface area contributed by atoms with Gasteiger partial charge < -0.3 is 18.9 Å². The van der Waals surface area contributed by atoms with E-state index in [1.165, 1.54) is 13.2 Å². The largest absolute Gasteiger partial charge is 0.493 e. The highest BCUT2D eigenvalue weighted by molar-refractivity contribution is 5.89. The number of methoxy groups -OCH3 is 1. The summed E-state index contributed by atoms with van der Waals surface area (Å²) in [6.07, 6.45) is 4.26. The number of esters is 1. The molecule has 0 radical (unpaired) electrons. The summed E-state index contributed by atoms with van der Waals surface area (Å²) in [7, 11) is 1.26. The van der Waals surface area contributed by atoms with Crippen molar-refractivity contribution >= 4 is 5.97 Å². The van der Waals surface area contributed by atoms with Crippen molar-refractivity contribution in [2.75, 3.05) is 20.5 Å². The van der Waals surface area contributed by atoms with E-state index >= 15 is 0 Å². The van der Waals surface area contributed by atoms with Gasteiger partial charge in [-0.05, 0) is 54.5 Å². The zero-order valence-electron chi connectivity index (χ0n) is 15.8. The molecule has 1 aliphatic heterocycles.